The molecule has 3 N–H and O–H groups in total. The topological polar surface area (TPSA) is 112 Å². The number of nitrogens with zero attached hydrogens (tertiary/aromatic N) is 3. The number of hydrogen-bond donors (Lipinski definition) is 2. The second-order valence-electron chi connectivity index (χ2n) is 7.92. The van der Waals surface area contributed by atoms with Gasteiger partial charge >= 0.3 is 6.03 Å². The van der Waals surface area contributed by atoms with Crippen molar-refractivity contribution in [1.82, 2.24) is 20.1 Å². The van der Waals surface area contributed by atoms with Crippen molar-refractivity contribution in [2.45, 2.75) is 64.1 Å². The molecule has 8 nitrogen and oxygen atoms in total. The number of rotatable bonds is 10. The SMILES string of the molecule is C=CCn1c(COc2cc(C)ccc2C(C)C)nnc1S[C@@H](C(=O)NC(N)=O)C(C)C. The smallest absolute Gasteiger partial charge is 0.318 e. The largest absolute Gasteiger partial charge is 0.485 e. The van der Waals surface area contributed by atoms with Crippen LogP contribution in [0.5, 0.6) is 5.75 Å². The number of carbonyl (C=O) groups excluding carboxylic acids is 2. The number of nitrogens with one attached hydrogen (secondary N) is 1. The molecule has 1 atom stereocenters. The van der Waals surface area contributed by atoms with Crippen LogP contribution in [0.3, 0.4) is 0 Å². The Morgan fingerprint density at radius 3 is 2.58 bits per heavy atom. The Balaban J connectivity index is 2.26. The van der Waals surface area contributed by atoms with Gasteiger partial charge in [0.15, 0.2) is 11.0 Å². The lowest BCUT2D eigenvalue weighted by Crippen LogP contribution is -2.42. The lowest BCUT2D eigenvalue weighted by molar-refractivity contribution is -0.120. The summed E-state index contributed by atoms with van der Waals surface area (Å²) in [4.78, 5) is 23.5. The molecule has 0 saturated heterocycles. The molecule has 0 saturated carbocycles. The zero-order valence-electron chi connectivity index (χ0n) is 18.7. The zero-order chi connectivity index (χ0) is 23.1. The van der Waals surface area contributed by atoms with Crippen LogP contribution in [0.25, 0.3) is 0 Å². The molecular formula is C22H31N5O3S. The Kier molecular flexibility index (Phi) is 8.67. The molecule has 1 heterocycles. The van der Waals surface area contributed by atoms with Gasteiger partial charge in [0.25, 0.3) is 0 Å². The van der Waals surface area contributed by atoms with E-state index in [-0.39, 0.29) is 12.5 Å². The molecule has 0 aliphatic carbocycles. The summed E-state index contributed by atoms with van der Waals surface area (Å²) in [6.07, 6.45) is 1.73. The van der Waals surface area contributed by atoms with Crippen molar-refractivity contribution >= 4 is 23.7 Å². The maximum absolute atomic E-state index is 12.4. The van der Waals surface area contributed by atoms with Gasteiger partial charge in [0.1, 0.15) is 12.4 Å². The summed E-state index contributed by atoms with van der Waals surface area (Å²) in [7, 11) is 0. The maximum Gasteiger partial charge on any atom is 0.318 e. The van der Waals surface area contributed by atoms with Crippen LogP contribution in [0.4, 0.5) is 4.79 Å². The van der Waals surface area contributed by atoms with Crippen molar-refractivity contribution in [2.75, 3.05) is 0 Å². The number of hydrogen-bond acceptors (Lipinski definition) is 6. The fourth-order valence-corrected chi connectivity index (χ4v) is 4.07. The van der Waals surface area contributed by atoms with Crippen LogP contribution in [0.15, 0.2) is 36.0 Å². The molecule has 2 rings (SSSR count). The van der Waals surface area contributed by atoms with E-state index < -0.39 is 17.2 Å². The van der Waals surface area contributed by atoms with Crippen LogP contribution in [0.1, 0.15) is 50.6 Å². The van der Waals surface area contributed by atoms with Gasteiger partial charge in [-0.05, 0) is 36.0 Å². The third-order valence-electron chi connectivity index (χ3n) is 4.60. The fraction of sp³-hybridized carbons (Fsp3) is 0.455. The summed E-state index contributed by atoms with van der Waals surface area (Å²) < 4.78 is 7.97. The number of ether oxygens (including phenoxy) is 1. The minimum atomic E-state index is -0.878. The van der Waals surface area contributed by atoms with Gasteiger partial charge < -0.3 is 10.5 Å². The average molecular weight is 446 g/mol. The van der Waals surface area contributed by atoms with Gasteiger partial charge in [-0.1, -0.05) is 57.7 Å². The first-order valence-corrected chi connectivity index (χ1v) is 11.0. The van der Waals surface area contributed by atoms with Crippen LogP contribution in [-0.2, 0) is 17.9 Å². The van der Waals surface area contributed by atoms with Gasteiger partial charge in [0.05, 0.1) is 5.25 Å². The highest BCUT2D eigenvalue weighted by atomic mass is 32.2. The van der Waals surface area contributed by atoms with E-state index in [1.807, 2.05) is 31.4 Å². The lowest BCUT2D eigenvalue weighted by atomic mass is 10.0. The summed E-state index contributed by atoms with van der Waals surface area (Å²) in [6.45, 7) is 14.5. The summed E-state index contributed by atoms with van der Waals surface area (Å²) >= 11 is 1.23. The second-order valence-corrected chi connectivity index (χ2v) is 9.03. The van der Waals surface area contributed by atoms with Crippen molar-refractivity contribution in [3.8, 4) is 5.75 Å². The van der Waals surface area contributed by atoms with Crippen molar-refractivity contribution in [2.24, 2.45) is 11.7 Å². The average Bonchev–Trinajstić information content (AvgIpc) is 3.05. The number of allylic oxidation sites excluding steroid dienone is 1. The molecule has 0 fully saturated rings. The van der Waals surface area contributed by atoms with Crippen LogP contribution >= 0.6 is 11.8 Å². The molecule has 0 unspecified atom stereocenters. The Bertz CT molecular complexity index is 939. The van der Waals surface area contributed by atoms with Crippen LogP contribution in [-0.4, -0.2) is 32.0 Å². The predicted octanol–water partition coefficient (Wildman–Crippen LogP) is 3.79. The second kappa shape index (κ2) is 11.0. The highest BCUT2D eigenvalue weighted by Gasteiger charge is 2.27. The first-order valence-electron chi connectivity index (χ1n) is 10.2. The van der Waals surface area contributed by atoms with Crippen molar-refractivity contribution in [3.63, 3.8) is 0 Å². The predicted molar refractivity (Wildman–Crippen MR) is 122 cm³/mol. The Hall–Kier alpha value is -2.81. The first-order chi connectivity index (χ1) is 14.6. The minimum Gasteiger partial charge on any atom is -0.485 e. The standard InChI is InChI=1S/C22H31N5O3S/c1-7-10-27-18(12-30-17-11-15(6)8-9-16(17)13(2)3)25-26-22(27)31-19(14(4)5)20(28)24-21(23)29/h7-9,11,13-14,19H,1,10,12H2,2-6H3,(H3,23,24,28,29)/t19-/m1/s1. The van der Waals surface area contributed by atoms with E-state index in [2.05, 4.69) is 48.1 Å². The molecule has 0 aliphatic heterocycles. The van der Waals surface area contributed by atoms with Crippen LogP contribution in [0.2, 0.25) is 0 Å². The van der Waals surface area contributed by atoms with E-state index in [0.717, 1.165) is 16.9 Å². The van der Waals surface area contributed by atoms with Gasteiger partial charge in [0, 0.05) is 6.54 Å². The summed E-state index contributed by atoms with van der Waals surface area (Å²) in [5, 5.41) is 10.7. The number of aryl methyl sites for hydroxylation is 1. The van der Waals surface area contributed by atoms with E-state index >= 15 is 0 Å². The quantitative estimate of drug-likeness (QED) is 0.425. The van der Waals surface area contributed by atoms with Gasteiger partial charge in [-0.2, -0.15) is 0 Å². The van der Waals surface area contributed by atoms with Crippen LogP contribution < -0.4 is 15.8 Å². The van der Waals surface area contributed by atoms with E-state index in [0.29, 0.717) is 23.4 Å². The first kappa shape index (κ1) is 24.5. The molecule has 1 aromatic heterocycles. The molecule has 0 aliphatic rings. The maximum atomic E-state index is 12.4. The summed E-state index contributed by atoms with van der Waals surface area (Å²) in [6, 6.07) is 5.29. The molecule has 0 bridgehead atoms. The minimum absolute atomic E-state index is 0.0566. The normalized spacial score (nSPS) is 12.1. The third-order valence-corrected chi connectivity index (χ3v) is 6.12. The van der Waals surface area contributed by atoms with Crippen molar-refractivity contribution in [1.29, 1.82) is 0 Å². The number of carbonyl (C=O) groups is 2. The van der Waals surface area contributed by atoms with E-state index in [4.69, 9.17) is 10.5 Å². The number of aromatic nitrogens is 3. The molecule has 168 valence electrons. The van der Waals surface area contributed by atoms with Crippen molar-refractivity contribution < 1.29 is 14.3 Å². The molecule has 2 aromatic rings. The van der Waals surface area contributed by atoms with E-state index in [1.54, 1.807) is 6.08 Å². The number of primary amides is 1. The molecule has 31 heavy (non-hydrogen) atoms. The molecule has 0 spiro atoms. The zero-order valence-corrected chi connectivity index (χ0v) is 19.5. The monoisotopic (exact) mass is 445 g/mol. The van der Waals surface area contributed by atoms with Gasteiger partial charge in [0.2, 0.25) is 5.91 Å². The highest BCUT2D eigenvalue weighted by molar-refractivity contribution is 8.00. The summed E-state index contributed by atoms with van der Waals surface area (Å²) in [5.74, 6) is 1.25. The number of imide groups is 1. The Labute approximate surface area is 187 Å². The summed E-state index contributed by atoms with van der Waals surface area (Å²) in [5.41, 5.74) is 7.34. The van der Waals surface area contributed by atoms with Gasteiger partial charge in [-0.25, -0.2) is 4.79 Å². The van der Waals surface area contributed by atoms with E-state index in [9.17, 15) is 9.59 Å². The number of nitrogens with two attached hydrogens (primary N) is 1. The fourth-order valence-electron chi connectivity index (χ4n) is 3.01. The number of urea groups is 1. The van der Waals surface area contributed by atoms with Gasteiger partial charge in [-0.15, -0.1) is 16.8 Å². The number of thioether (sulfide) groups is 1. The third kappa shape index (κ3) is 6.58. The molecular weight excluding hydrogens is 414 g/mol. The molecule has 0 radical (unpaired) electrons. The molecule has 1 aromatic carbocycles. The Morgan fingerprint density at radius 1 is 1.29 bits per heavy atom. The number of benzene rings is 1. The van der Waals surface area contributed by atoms with Crippen molar-refractivity contribution in [3.05, 3.63) is 47.8 Å². The lowest BCUT2D eigenvalue weighted by Gasteiger charge is -2.19. The van der Waals surface area contributed by atoms with E-state index in [1.165, 1.54) is 11.8 Å². The molecule has 3 amide bonds. The molecule has 9 heteroatoms. The highest BCUT2D eigenvalue weighted by Crippen LogP contribution is 2.30. The number of amides is 3. The van der Waals surface area contributed by atoms with Crippen LogP contribution in [0, 0.1) is 12.8 Å². The Morgan fingerprint density at radius 2 is 2.00 bits per heavy atom. The van der Waals surface area contributed by atoms with Gasteiger partial charge in [-0.3, -0.25) is 14.7 Å².